The van der Waals surface area contributed by atoms with Gasteiger partial charge in [0.05, 0.1) is 25.0 Å². The number of benzene rings is 1. The highest BCUT2D eigenvalue weighted by atomic mass is 16.6. The molecule has 154 valence electrons. The van der Waals surface area contributed by atoms with Gasteiger partial charge in [-0.3, -0.25) is 9.59 Å². The normalized spacial score (nSPS) is 25.6. The average Bonchev–Trinajstić information content (AvgIpc) is 2.98. The van der Waals surface area contributed by atoms with Gasteiger partial charge in [0.2, 0.25) is 5.78 Å². The molecule has 0 bridgehead atoms. The van der Waals surface area contributed by atoms with Crippen molar-refractivity contribution in [3.8, 4) is 5.75 Å². The molecule has 4 rings (SSSR count). The lowest BCUT2D eigenvalue weighted by atomic mass is 9.76. The van der Waals surface area contributed by atoms with Crippen LogP contribution in [0.2, 0.25) is 0 Å². The molecular formula is C23H20O7. The third-order valence-electron chi connectivity index (χ3n) is 5.45. The molecule has 0 saturated heterocycles. The minimum Gasteiger partial charge on any atom is -0.507 e. The molecule has 2 unspecified atom stereocenters. The molecule has 1 N–H and O–H groups in total. The first-order chi connectivity index (χ1) is 14.2. The molecule has 0 fully saturated rings. The number of carbonyl (C=O) groups is 3. The average molecular weight is 408 g/mol. The predicted octanol–water partition coefficient (Wildman–Crippen LogP) is 2.98. The molecule has 1 aliphatic carbocycles. The van der Waals surface area contributed by atoms with E-state index in [0.717, 1.165) is 6.08 Å². The van der Waals surface area contributed by atoms with Gasteiger partial charge in [0.15, 0.2) is 11.4 Å². The number of esters is 1. The Bertz CT molecular complexity index is 1090. The van der Waals surface area contributed by atoms with Crippen molar-refractivity contribution in [3.63, 3.8) is 0 Å². The fourth-order valence-electron chi connectivity index (χ4n) is 3.79. The zero-order valence-electron chi connectivity index (χ0n) is 16.7. The number of allylic oxidation sites excluding steroid dienone is 1. The van der Waals surface area contributed by atoms with Crippen molar-refractivity contribution >= 4 is 23.3 Å². The number of rotatable bonds is 4. The molecule has 7 heteroatoms. The minimum absolute atomic E-state index is 0.131. The highest BCUT2D eigenvalue weighted by Gasteiger charge is 2.54. The number of aliphatic hydroxyl groups excluding tert-OH is 1. The summed E-state index contributed by atoms with van der Waals surface area (Å²) in [4.78, 5) is 38.4. The SMILES string of the molecule is COc1ccc(C(O)=CC(=O)C2=C3C=C4CC(C)OC=C4C(=O)C3(C)OC2=O)cc1. The van der Waals surface area contributed by atoms with Crippen molar-refractivity contribution in [2.45, 2.75) is 32.0 Å². The van der Waals surface area contributed by atoms with E-state index in [4.69, 9.17) is 14.2 Å². The summed E-state index contributed by atoms with van der Waals surface area (Å²) in [7, 11) is 1.52. The van der Waals surface area contributed by atoms with Crippen molar-refractivity contribution in [1.82, 2.24) is 0 Å². The topological polar surface area (TPSA) is 99.1 Å². The van der Waals surface area contributed by atoms with Crippen molar-refractivity contribution in [2.75, 3.05) is 7.11 Å². The van der Waals surface area contributed by atoms with Crippen molar-refractivity contribution in [3.05, 3.63) is 70.5 Å². The molecule has 2 aliphatic heterocycles. The first kappa shape index (κ1) is 19.7. The number of carbonyl (C=O) groups excluding carboxylic acids is 3. The number of hydrogen-bond donors (Lipinski definition) is 1. The molecular weight excluding hydrogens is 388 g/mol. The molecule has 0 spiro atoms. The highest BCUT2D eigenvalue weighted by Crippen LogP contribution is 2.44. The molecule has 3 aliphatic rings. The quantitative estimate of drug-likeness (QED) is 0.354. The van der Waals surface area contributed by atoms with Crippen LogP contribution in [0.1, 0.15) is 25.8 Å². The number of aliphatic hydroxyl groups is 1. The summed E-state index contributed by atoms with van der Waals surface area (Å²) in [6.07, 6.45) is 4.34. The van der Waals surface area contributed by atoms with E-state index in [9.17, 15) is 19.5 Å². The number of fused-ring (bicyclic) bond motifs is 2. The van der Waals surface area contributed by atoms with Gasteiger partial charge in [-0.25, -0.2) is 4.79 Å². The monoisotopic (exact) mass is 408 g/mol. The van der Waals surface area contributed by atoms with Crippen LogP contribution >= 0.6 is 0 Å². The summed E-state index contributed by atoms with van der Waals surface area (Å²) in [6.45, 7) is 3.32. The number of Topliss-reactive ketones (excluding diaryl/α,β-unsaturated/α-hetero) is 1. The van der Waals surface area contributed by atoms with Crippen LogP contribution < -0.4 is 4.74 Å². The van der Waals surface area contributed by atoms with Crippen molar-refractivity contribution in [2.24, 2.45) is 0 Å². The van der Waals surface area contributed by atoms with Crippen LogP contribution in [-0.2, 0) is 23.9 Å². The molecule has 0 radical (unpaired) electrons. The summed E-state index contributed by atoms with van der Waals surface area (Å²) in [6, 6.07) is 6.44. The maximum absolute atomic E-state index is 13.0. The van der Waals surface area contributed by atoms with Gasteiger partial charge in [-0.15, -0.1) is 0 Å². The standard InChI is InChI=1S/C23H20O7/c1-12-8-14-9-17-20(22(27)30-23(17,2)21(26)16(14)11-29-12)19(25)10-18(24)13-4-6-15(28-3)7-5-13/h4-7,9-12,24H,8H2,1-3H3. The Morgan fingerprint density at radius 1 is 1.27 bits per heavy atom. The second-order valence-electron chi connectivity index (χ2n) is 7.51. The number of methoxy groups -OCH3 is 1. The lowest BCUT2D eigenvalue weighted by Crippen LogP contribution is -2.42. The fourth-order valence-corrected chi connectivity index (χ4v) is 3.79. The van der Waals surface area contributed by atoms with E-state index in [-0.39, 0.29) is 23.0 Å². The van der Waals surface area contributed by atoms with Gasteiger partial charge in [0.25, 0.3) is 0 Å². The zero-order chi connectivity index (χ0) is 21.6. The van der Waals surface area contributed by atoms with E-state index in [1.54, 1.807) is 30.3 Å². The Kier molecular flexibility index (Phi) is 4.61. The molecule has 7 nitrogen and oxygen atoms in total. The molecule has 2 atom stereocenters. The molecule has 1 aromatic carbocycles. The van der Waals surface area contributed by atoms with Crippen LogP contribution in [0.4, 0.5) is 0 Å². The van der Waals surface area contributed by atoms with Gasteiger partial charge in [0, 0.05) is 23.6 Å². The Balaban J connectivity index is 1.76. The summed E-state index contributed by atoms with van der Waals surface area (Å²) in [5.74, 6) is -1.77. The van der Waals surface area contributed by atoms with Crippen molar-refractivity contribution in [1.29, 1.82) is 0 Å². The minimum atomic E-state index is -1.59. The van der Waals surface area contributed by atoms with Crippen LogP contribution in [0.25, 0.3) is 5.76 Å². The smallest absolute Gasteiger partial charge is 0.343 e. The summed E-state index contributed by atoms with van der Waals surface area (Å²) in [5, 5.41) is 10.4. The van der Waals surface area contributed by atoms with Crippen LogP contribution in [0.5, 0.6) is 5.75 Å². The highest BCUT2D eigenvalue weighted by molar-refractivity contribution is 6.28. The lowest BCUT2D eigenvalue weighted by Gasteiger charge is -2.33. The zero-order valence-corrected chi connectivity index (χ0v) is 16.7. The maximum Gasteiger partial charge on any atom is 0.343 e. The van der Waals surface area contributed by atoms with E-state index in [1.165, 1.54) is 20.3 Å². The van der Waals surface area contributed by atoms with E-state index in [2.05, 4.69) is 0 Å². The summed E-state index contributed by atoms with van der Waals surface area (Å²) in [5.41, 5.74) is -0.217. The summed E-state index contributed by atoms with van der Waals surface area (Å²) >= 11 is 0. The van der Waals surface area contributed by atoms with Gasteiger partial charge >= 0.3 is 5.97 Å². The van der Waals surface area contributed by atoms with Gasteiger partial charge in [-0.1, -0.05) is 0 Å². The molecule has 0 aromatic heterocycles. The first-order valence-corrected chi connectivity index (χ1v) is 9.43. The van der Waals surface area contributed by atoms with E-state index < -0.39 is 23.1 Å². The Hall–Kier alpha value is -3.61. The van der Waals surface area contributed by atoms with Gasteiger partial charge in [0.1, 0.15) is 17.1 Å². The molecule has 0 amide bonds. The number of hydrogen-bond acceptors (Lipinski definition) is 7. The van der Waals surface area contributed by atoms with Crippen molar-refractivity contribution < 1.29 is 33.7 Å². The third-order valence-corrected chi connectivity index (χ3v) is 5.45. The maximum atomic E-state index is 13.0. The van der Waals surface area contributed by atoms with E-state index in [0.29, 0.717) is 28.9 Å². The Morgan fingerprint density at radius 2 is 1.97 bits per heavy atom. The fraction of sp³-hybridized carbons (Fsp3) is 0.261. The van der Waals surface area contributed by atoms with Crippen LogP contribution in [-0.4, -0.2) is 41.5 Å². The van der Waals surface area contributed by atoms with Crippen LogP contribution in [0.15, 0.2) is 65.0 Å². The van der Waals surface area contributed by atoms with Crippen LogP contribution in [0, 0.1) is 0 Å². The molecule has 0 saturated carbocycles. The second kappa shape index (κ2) is 7.02. The van der Waals surface area contributed by atoms with E-state index in [1.807, 2.05) is 6.92 Å². The number of ether oxygens (including phenoxy) is 3. The molecule has 30 heavy (non-hydrogen) atoms. The number of ketones is 2. The predicted molar refractivity (Wildman–Crippen MR) is 106 cm³/mol. The molecule has 2 heterocycles. The van der Waals surface area contributed by atoms with Crippen LogP contribution in [0.3, 0.4) is 0 Å². The molecule has 1 aromatic rings. The van der Waals surface area contributed by atoms with Gasteiger partial charge < -0.3 is 19.3 Å². The lowest BCUT2D eigenvalue weighted by molar-refractivity contribution is -0.153. The first-order valence-electron chi connectivity index (χ1n) is 9.43. The Labute approximate surface area is 172 Å². The summed E-state index contributed by atoms with van der Waals surface area (Å²) < 4.78 is 15.8. The third kappa shape index (κ3) is 3.03. The Morgan fingerprint density at radius 3 is 2.63 bits per heavy atom. The largest absolute Gasteiger partial charge is 0.507 e. The second-order valence-corrected chi connectivity index (χ2v) is 7.51. The van der Waals surface area contributed by atoms with E-state index >= 15 is 0 Å². The van der Waals surface area contributed by atoms with Gasteiger partial charge in [-0.05, 0) is 49.8 Å². The van der Waals surface area contributed by atoms with Gasteiger partial charge in [-0.2, -0.15) is 0 Å².